The highest BCUT2D eigenvalue weighted by molar-refractivity contribution is 5.94. The van der Waals surface area contributed by atoms with Gasteiger partial charge in [0.2, 0.25) is 5.91 Å². The molecule has 1 aromatic heterocycles. The molecule has 0 unspecified atom stereocenters. The number of benzene rings is 2. The first-order valence-corrected chi connectivity index (χ1v) is 11.2. The van der Waals surface area contributed by atoms with Crippen LogP contribution in [0.5, 0.6) is 5.75 Å². The molecule has 1 saturated carbocycles. The lowest BCUT2D eigenvalue weighted by Crippen LogP contribution is -2.31. The van der Waals surface area contributed by atoms with Gasteiger partial charge in [0.25, 0.3) is 5.91 Å². The molecule has 0 radical (unpaired) electrons. The Morgan fingerprint density at radius 3 is 2.75 bits per heavy atom. The zero-order valence-electron chi connectivity index (χ0n) is 18.7. The minimum atomic E-state index is -0.225. The number of imidazole rings is 1. The zero-order chi connectivity index (χ0) is 22.5. The van der Waals surface area contributed by atoms with Crippen molar-refractivity contribution in [2.75, 3.05) is 18.5 Å². The van der Waals surface area contributed by atoms with Crippen molar-refractivity contribution in [3.8, 4) is 5.75 Å². The number of rotatable bonds is 8. The number of fused-ring (bicyclic) bond motifs is 1. The Morgan fingerprint density at radius 1 is 1.16 bits per heavy atom. The van der Waals surface area contributed by atoms with Crippen molar-refractivity contribution in [2.24, 2.45) is 13.0 Å². The molecule has 1 aliphatic rings. The molecular weight excluding hydrogens is 404 g/mol. The molecule has 0 atom stereocenters. The summed E-state index contributed by atoms with van der Waals surface area (Å²) in [6.45, 7) is 2.49. The molecule has 2 aromatic carbocycles. The van der Waals surface area contributed by atoms with Crippen molar-refractivity contribution < 1.29 is 14.3 Å². The third kappa shape index (κ3) is 5.28. The third-order valence-electron chi connectivity index (χ3n) is 5.99. The molecule has 32 heavy (non-hydrogen) atoms. The van der Waals surface area contributed by atoms with Gasteiger partial charge in [0.05, 0.1) is 11.0 Å². The van der Waals surface area contributed by atoms with E-state index in [1.165, 1.54) is 0 Å². The van der Waals surface area contributed by atoms with Crippen LogP contribution in [0.3, 0.4) is 0 Å². The predicted octanol–water partition coefficient (Wildman–Crippen LogP) is 3.75. The number of hydrogen-bond acceptors (Lipinski definition) is 4. The van der Waals surface area contributed by atoms with E-state index in [-0.39, 0.29) is 24.3 Å². The third-order valence-corrected chi connectivity index (χ3v) is 5.99. The highest BCUT2D eigenvalue weighted by atomic mass is 16.5. The summed E-state index contributed by atoms with van der Waals surface area (Å²) in [5.74, 6) is 1.69. The quantitative estimate of drug-likeness (QED) is 0.566. The Kier molecular flexibility index (Phi) is 6.73. The Hall–Kier alpha value is -3.35. The van der Waals surface area contributed by atoms with Gasteiger partial charge in [0.1, 0.15) is 11.6 Å². The van der Waals surface area contributed by atoms with Gasteiger partial charge in [0.15, 0.2) is 6.61 Å². The summed E-state index contributed by atoms with van der Waals surface area (Å²) >= 11 is 0. The second-order valence-electron chi connectivity index (χ2n) is 8.47. The van der Waals surface area contributed by atoms with Crippen LogP contribution in [-0.2, 0) is 23.1 Å². The standard InChI is InChI=1S/C25H30N4O3/c1-17-6-5-9-20(14-17)32-16-24(30)27-19-10-11-22-21(15-19)28-23(29(22)2)12-13-26-25(31)18-7-3-4-8-18/h5-6,9-11,14-15,18H,3-4,7-8,12-13,16H2,1-2H3,(H,26,31)(H,27,30). The average Bonchev–Trinajstić information content (AvgIpc) is 3.41. The van der Waals surface area contributed by atoms with Crippen molar-refractivity contribution in [1.29, 1.82) is 0 Å². The Balaban J connectivity index is 1.33. The van der Waals surface area contributed by atoms with Crippen molar-refractivity contribution in [2.45, 2.75) is 39.0 Å². The van der Waals surface area contributed by atoms with Gasteiger partial charge < -0.3 is 19.9 Å². The number of nitrogens with one attached hydrogen (secondary N) is 2. The first kappa shape index (κ1) is 21.9. The van der Waals surface area contributed by atoms with Gasteiger partial charge in [-0.25, -0.2) is 4.98 Å². The van der Waals surface area contributed by atoms with Crippen molar-refractivity contribution in [3.05, 3.63) is 53.9 Å². The summed E-state index contributed by atoms with van der Waals surface area (Å²) in [5.41, 5.74) is 3.55. The van der Waals surface area contributed by atoms with Gasteiger partial charge in [-0.05, 0) is 55.7 Å². The molecule has 0 bridgehead atoms. The number of aromatic nitrogens is 2. The molecule has 0 aliphatic heterocycles. The smallest absolute Gasteiger partial charge is 0.262 e. The van der Waals surface area contributed by atoms with Crippen molar-refractivity contribution in [1.82, 2.24) is 14.9 Å². The van der Waals surface area contributed by atoms with Crippen LogP contribution < -0.4 is 15.4 Å². The van der Waals surface area contributed by atoms with Crippen LogP contribution in [0.4, 0.5) is 5.69 Å². The zero-order valence-corrected chi connectivity index (χ0v) is 18.7. The molecule has 1 heterocycles. The summed E-state index contributed by atoms with van der Waals surface area (Å²) in [7, 11) is 1.97. The SMILES string of the molecule is Cc1cccc(OCC(=O)Nc2ccc3c(c2)nc(CCNC(=O)C2CCCC2)n3C)c1. The number of carbonyl (C=O) groups is 2. The molecule has 1 aliphatic carbocycles. The largest absolute Gasteiger partial charge is 0.484 e. The summed E-state index contributed by atoms with van der Waals surface area (Å²) in [4.78, 5) is 29.2. The summed E-state index contributed by atoms with van der Waals surface area (Å²) in [6, 6.07) is 13.3. The minimum Gasteiger partial charge on any atom is -0.484 e. The molecule has 1 fully saturated rings. The summed E-state index contributed by atoms with van der Waals surface area (Å²) < 4.78 is 7.60. The maximum absolute atomic E-state index is 12.3. The van der Waals surface area contributed by atoms with E-state index in [0.717, 1.165) is 48.1 Å². The lowest BCUT2D eigenvalue weighted by molar-refractivity contribution is -0.124. The van der Waals surface area contributed by atoms with Crippen LogP contribution >= 0.6 is 0 Å². The van der Waals surface area contributed by atoms with E-state index in [2.05, 4.69) is 10.6 Å². The van der Waals surface area contributed by atoms with Crippen molar-refractivity contribution >= 4 is 28.5 Å². The highest BCUT2D eigenvalue weighted by Crippen LogP contribution is 2.24. The average molecular weight is 435 g/mol. The topological polar surface area (TPSA) is 85.2 Å². The molecular formula is C25H30N4O3. The van der Waals surface area contributed by atoms with Crippen LogP contribution in [-0.4, -0.2) is 34.5 Å². The van der Waals surface area contributed by atoms with Gasteiger partial charge in [-0.15, -0.1) is 0 Å². The molecule has 168 valence electrons. The maximum Gasteiger partial charge on any atom is 0.262 e. The second-order valence-corrected chi connectivity index (χ2v) is 8.47. The fourth-order valence-corrected chi connectivity index (χ4v) is 4.23. The number of anilines is 1. The van der Waals surface area contributed by atoms with Gasteiger partial charge in [0, 0.05) is 31.6 Å². The number of hydrogen-bond donors (Lipinski definition) is 2. The monoisotopic (exact) mass is 434 g/mol. The lowest BCUT2D eigenvalue weighted by atomic mass is 10.1. The molecule has 2 N–H and O–H groups in total. The Morgan fingerprint density at radius 2 is 1.97 bits per heavy atom. The van der Waals surface area contributed by atoms with Crippen LogP contribution in [0.2, 0.25) is 0 Å². The summed E-state index contributed by atoms with van der Waals surface area (Å²) in [5, 5.41) is 5.92. The van der Waals surface area contributed by atoms with E-state index < -0.39 is 0 Å². The van der Waals surface area contributed by atoms with E-state index in [1.54, 1.807) is 0 Å². The molecule has 3 aromatic rings. The van der Waals surface area contributed by atoms with E-state index in [4.69, 9.17) is 9.72 Å². The molecule has 2 amide bonds. The fraction of sp³-hybridized carbons (Fsp3) is 0.400. The molecule has 0 spiro atoms. The van der Waals surface area contributed by atoms with Gasteiger partial charge in [-0.2, -0.15) is 0 Å². The molecule has 7 nitrogen and oxygen atoms in total. The van der Waals surface area contributed by atoms with Crippen LogP contribution in [0.25, 0.3) is 11.0 Å². The van der Waals surface area contributed by atoms with Crippen LogP contribution in [0, 0.1) is 12.8 Å². The number of ether oxygens (including phenoxy) is 1. The lowest BCUT2D eigenvalue weighted by Gasteiger charge is -2.10. The van der Waals surface area contributed by atoms with Gasteiger partial charge in [-0.3, -0.25) is 9.59 Å². The van der Waals surface area contributed by atoms with E-state index in [1.807, 2.05) is 61.0 Å². The number of carbonyl (C=O) groups excluding carboxylic acids is 2. The Bertz CT molecular complexity index is 1120. The Labute approximate surface area is 188 Å². The first-order valence-electron chi connectivity index (χ1n) is 11.2. The van der Waals surface area contributed by atoms with E-state index in [0.29, 0.717) is 24.4 Å². The second kappa shape index (κ2) is 9.85. The first-order chi connectivity index (χ1) is 15.5. The number of aryl methyl sites for hydroxylation is 2. The molecule has 4 rings (SSSR count). The minimum absolute atomic E-state index is 0.0599. The van der Waals surface area contributed by atoms with Crippen LogP contribution in [0.15, 0.2) is 42.5 Å². The normalized spacial score (nSPS) is 13.9. The predicted molar refractivity (Wildman–Crippen MR) is 125 cm³/mol. The summed E-state index contributed by atoms with van der Waals surface area (Å²) in [6.07, 6.45) is 4.97. The number of nitrogens with zero attached hydrogens (tertiary/aromatic N) is 2. The molecule has 0 saturated heterocycles. The number of amides is 2. The highest BCUT2D eigenvalue weighted by Gasteiger charge is 2.22. The van der Waals surface area contributed by atoms with Crippen molar-refractivity contribution in [3.63, 3.8) is 0 Å². The van der Waals surface area contributed by atoms with Gasteiger partial charge in [-0.1, -0.05) is 25.0 Å². The molecule has 7 heteroatoms. The fourth-order valence-electron chi connectivity index (χ4n) is 4.23. The van der Waals surface area contributed by atoms with Gasteiger partial charge >= 0.3 is 0 Å². The van der Waals surface area contributed by atoms with Crippen LogP contribution in [0.1, 0.15) is 37.1 Å². The van der Waals surface area contributed by atoms with E-state index >= 15 is 0 Å². The van der Waals surface area contributed by atoms with E-state index in [9.17, 15) is 9.59 Å². The maximum atomic E-state index is 12.3.